The maximum Gasteiger partial charge on any atom is 0.319 e. The topological polar surface area (TPSA) is 55.8 Å². The molecule has 0 aliphatic heterocycles. The Bertz CT molecular complexity index is 188. The van der Waals surface area contributed by atoms with E-state index >= 15 is 0 Å². The second-order valence-electron chi connectivity index (χ2n) is 3.73. The Kier molecular flexibility index (Phi) is 15.5. The summed E-state index contributed by atoms with van der Waals surface area (Å²) < 4.78 is 20.5. The normalized spacial score (nSPS) is 16.0. The van der Waals surface area contributed by atoms with Crippen molar-refractivity contribution in [1.82, 2.24) is 0 Å². The average molecular weight is 309 g/mol. The van der Waals surface area contributed by atoms with Crippen LogP contribution >= 0.6 is 31.5 Å². The minimum Gasteiger partial charge on any atom is -0.391 e. The molecule has 0 fully saturated rings. The molecule has 0 aromatic heterocycles. The van der Waals surface area contributed by atoms with Crippen LogP contribution in [0.1, 0.15) is 34.1 Å². The van der Waals surface area contributed by atoms with Gasteiger partial charge in [0.15, 0.2) is 0 Å². The minimum absolute atomic E-state index is 0.0466. The second kappa shape index (κ2) is 13.1. The van der Waals surface area contributed by atoms with Crippen LogP contribution in [0.25, 0.3) is 0 Å². The Morgan fingerprint density at radius 2 is 1.59 bits per heavy atom. The van der Waals surface area contributed by atoms with E-state index in [1.54, 1.807) is 6.92 Å². The van der Waals surface area contributed by atoms with Gasteiger partial charge in [-0.1, -0.05) is 6.92 Å². The smallest absolute Gasteiger partial charge is 0.319 e. The van der Waals surface area contributed by atoms with Crippen molar-refractivity contribution in [3.63, 3.8) is 0 Å². The first-order valence-electron chi connectivity index (χ1n) is 5.55. The van der Waals surface area contributed by atoms with E-state index in [4.69, 9.17) is 37.4 Å². The molecule has 0 rings (SSSR count). The highest BCUT2D eigenvalue weighted by Gasteiger charge is 2.06. The first-order chi connectivity index (χ1) is 7.79. The Morgan fingerprint density at radius 3 is 1.94 bits per heavy atom. The van der Waals surface area contributed by atoms with Gasteiger partial charge in [0.05, 0.1) is 24.7 Å². The number of alkyl halides is 2. The highest BCUT2D eigenvalue weighted by Crippen LogP contribution is 2.24. The van der Waals surface area contributed by atoms with E-state index < -0.39 is 14.4 Å². The van der Waals surface area contributed by atoms with Crippen molar-refractivity contribution >= 4 is 31.5 Å². The lowest BCUT2D eigenvalue weighted by Crippen LogP contribution is -2.11. The van der Waals surface area contributed by atoms with Gasteiger partial charge in [-0.2, -0.15) is 0 Å². The fourth-order valence-corrected chi connectivity index (χ4v) is 1.47. The van der Waals surface area contributed by atoms with Gasteiger partial charge in [-0.25, -0.2) is 0 Å². The molecule has 0 bridgehead atoms. The molecule has 17 heavy (non-hydrogen) atoms. The van der Waals surface area contributed by atoms with E-state index in [1.807, 2.05) is 20.8 Å². The van der Waals surface area contributed by atoms with Crippen LogP contribution in [0.3, 0.4) is 0 Å². The van der Waals surface area contributed by atoms with Crippen molar-refractivity contribution in [2.75, 3.05) is 13.2 Å². The summed E-state index contributed by atoms with van der Waals surface area (Å²) in [5.74, 6) is 0. The van der Waals surface area contributed by atoms with E-state index in [0.29, 0.717) is 11.8 Å². The van der Waals surface area contributed by atoms with Crippen molar-refractivity contribution in [3.05, 3.63) is 0 Å². The van der Waals surface area contributed by atoms with Gasteiger partial charge in [0.1, 0.15) is 0 Å². The number of hydrogen-bond donors (Lipinski definition) is 1. The summed E-state index contributed by atoms with van der Waals surface area (Å²) in [7, 11) is -2.48. The molecule has 0 aliphatic rings. The molecule has 3 atom stereocenters. The van der Waals surface area contributed by atoms with E-state index in [9.17, 15) is 4.57 Å². The first-order valence-corrected chi connectivity index (χ1v) is 7.65. The van der Waals surface area contributed by atoms with Crippen molar-refractivity contribution < 1.29 is 18.7 Å². The third-order valence-corrected chi connectivity index (χ3v) is 2.23. The summed E-state index contributed by atoms with van der Waals surface area (Å²) in [6, 6.07) is 0. The highest BCUT2D eigenvalue weighted by atomic mass is 35.5. The van der Waals surface area contributed by atoms with E-state index in [0.717, 1.165) is 0 Å². The van der Waals surface area contributed by atoms with Crippen LogP contribution in [0.4, 0.5) is 0 Å². The number of rotatable bonds is 7. The Balaban J connectivity index is 0. The summed E-state index contributed by atoms with van der Waals surface area (Å²) in [6.45, 7) is 7.65. The molecule has 106 valence electrons. The zero-order valence-electron chi connectivity index (χ0n) is 10.8. The number of aliphatic hydroxyl groups is 1. The third-order valence-electron chi connectivity index (χ3n) is 1.30. The van der Waals surface area contributed by atoms with Crippen LogP contribution in [0.15, 0.2) is 0 Å². The van der Waals surface area contributed by atoms with Gasteiger partial charge < -0.3 is 14.2 Å². The largest absolute Gasteiger partial charge is 0.391 e. The van der Waals surface area contributed by atoms with Crippen LogP contribution in [-0.2, 0) is 13.6 Å². The standard InChI is InChI=1S/C7H16ClO4P.C3H7Cl/c1-3-7(9)5-12-13(10)11-4-6(2)8;1-3(2)4/h6-7,9,13H,3-5H2,1-2H3;3H,1-2H3. The fourth-order valence-electron chi connectivity index (χ4n) is 0.507. The molecule has 0 radical (unpaired) electrons. The van der Waals surface area contributed by atoms with Crippen molar-refractivity contribution in [3.8, 4) is 0 Å². The van der Waals surface area contributed by atoms with Crippen molar-refractivity contribution in [1.29, 1.82) is 0 Å². The molecule has 0 aromatic rings. The monoisotopic (exact) mass is 308 g/mol. The van der Waals surface area contributed by atoms with Crippen LogP contribution in [0, 0.1) is 0 Å². The average Bonchev–Trinajstić information content (AvgIpc) is 2.22. The zero-order valence-corrected chi connectivity index (χ0v) is 13.3. The molecule has 0 amide bonds. The highest BCUT2D eigenvalue weighted by molar-refractivity contribution is 7.33. The molecule has 3 unspecified atom stereocenters. The molecule has 4 nitrogen and oxygen atoms in total. The molecule has 1 N–H and O–H groups in total. The molecule has 0 aliphatic carbocycles. The van der Waals surface area contributed by atoms with Gasteiger partial charge in [-0.05, 0) is 27.2 Å². The molecular weight excluding hydrogens is 286 g/mol. The first kappa shape index (κ1) is 20.0. The molecule has 0 saturated heterocycles. The van der Waals surface area contributed by atoms with Crippen LogP contribution in [-0.4, -0.2) is 35.2 Å². The van der Waals surface area contributed by atoms with Crippen LogP contribution < -0.4 is 0 Å². The predicted molar refractivity (Wildman–Crippen MR) is 73.5 cm³/mol. The lowest BCUT2D eigenvalue weighted by Gasteiger charge is -2.09. The third kappa shape index (κ3) is 22.4. The SMILES string of the molecule is CC(C)Cl.CCC(O)CO[PH](=O)OCC(C)Cl. The second-order valence-corrected chi connectivity index (χ2v) is 6.42. The lowest BCUT2D eigenvalue weighted by atomic mass is 10.3. The molecule has 0 saturated carbocycles. The van der Waals surface area contributed by atoms with E-state index in [2.05, 4.69) is 0 Å². The minimum atomic E-state index is -2.48. The van der Waals surface area contributed by atoms with Gasteiger partial charge in [0.2, 0.25) is 0 Å². The molecule has 0 heterocycles. The van der Waals surface area contributed by atoms with Crippen LogP contribution in [0.2, 0.25) is 0 Å². The van der Waals surface area contributed by atoms with Crippen molar-refractivity contribution in [2.24, 2.45) is 0 Å². The van der Waals surface area contributed by atoms with E-state index in [-0.39, 0.29) is 18.6 Å². The molecule has 7 heteroatoms. The Hall–Kier alpha value is 0.690. The Labute approximate surface area is 115 Å². The molecular formula is C10H23Cl2O4P. The summed E-state index contributed by atoms with van der Waals surface area (Å²) in [5, 5.41) is 9.17. The number of halogens is 2. The number of aliphatic hydroxyl groups excluding tert-OH is 1. The van der Waals surface area contributed by atoms with Gasteiger partial charge in [0.25, 0.3) is 0 Å². The summed E-state index contributed by atoms with van der Waals surface area (Å²) in [6.07, 6.45) is -0.00731. The molecule has 0 aromatic carbocycles. The number of hydrogen-bond acceptors (Lipinski definition) is 4. The predicted octanol–water partition coefficient (Wildman–Crippen LogP) is 3.44. The maximum atomic E-state index is 10.9. The quantitative estimate of drug-likeness (QED) is 0.578. The van der Waals surface area contributed by atoms with Crippen LogP contribution in [0.5, 0.6) is 0 Å². The summed E-state index contributed by atoms with van der Waals surface area (Å²) in [4.78, 5) is 0. The fraction of sp³-hybridized carbons (Fsp3) is 1.00. The summed E-state index contributed by atoms with van der Waals surface area (Å²) >= 11 is 10.8. The van der Waals surface area contributed by atoms with Gasteiger partial charge in [0, 0.05) is 5.38 Å². The van der Waals surface area contributed by atoms with Gasteiger partial charge >= 0.3 is 8.25 Å². The van der Waals surface area contributed by atoms with Gasteiger partial charge in [-0.15, -0.1) is 23.2 Å². The zero-order chi connectivity index (χ0) is 13.8. The van der Waals surface area contributed by atoms with E-state index in [1.165, 1.54) is 0 Å². The lowest BCUT2D eigenvalue weighted by molar-refractivity contribution is 0.0960. The van der Waals surface area contributed by atoms with Crippen molar-refractivity contribution in [2.45, 2.75) is 51.0 Å². The van der Waals surface area contributed by atoms with Gasteiger partial charge in [-0.3, -0.25) is 4.57 Å². The summed E-state index contributed by atoms with van der Waals surface area (Å²) in [5.41, 5.74) is 0. The maximum absolute atomic E-state index is 10.9. The Morgan fingerprint density at radius 1 is 1.18 bits per heavy atom. The molecule has 0 spiro atoms.